The van der Waals surface area contributed by atoms with Gasteiger partial charge in [0, 0.05) is 37.8 Å². The molecule has 1 unspecified atom stereocenters. The lowest BCUT2D eigenvalue weighted by Crippen LogP contribution is -2.29. The van der Waals surface area contributed by atoms with Crippen LogP contribution in [0, 0.1) is 5.92 Å². The summed E-state index contributed by atoms with van der Waals surface area (Å²) in [5.74, 6) is 0.317. The molecule has 0 bridgehead atoms. The van der Waals surface area contributed by atoms with Crippen LogP contribution < -0.4 is 11.1 Å². The SMILES string of the molecule is CN(C)C(=O)c1cccc(NC(=O)CC(N)C2CC2)c1. The van der Waals surface area contributed by atoms with Gasteiger partial charge in [-0.3, -0.25) is 9.59 Å². The molecule has 5 heteroatoms. The second-order valence-corrected chi connectivity index (χ2v) is 5.53. The number of rotatable bonds is 5. The van der Waals surface area contributed by atoms with Crippen molar-refractivity contribution in [1.82, 2.24) is 4.90 Å². The zero-order valence-electron chi connectivity index (χ0n) is 11.9. The van der Waals surface area contributed by atoms with Gasteiger partial charge in [0.25, 0.3) is 5.91 Å². The molecule has 1 saturated carbocycles. The monoisotopic (exact) mass is 275 g/mol. The maximum absolute atomic E-state index is 11.9. The molecule has 1 aromatic carbocycles. The molecule has 1 aromatic rings. The maximum atomic E-state index is 11.9. The average molecular weight is 275 g/mol. The fourth-order valence-electron chi connectivity index (χ4n) is 2.11. The predicted molar refractivity (Wildman–Crippen MR) is 78.4 cm³/mol. The van der Waals surface area contributed by atoms with Crippen molar-refractivity contribution in [3.63, 3.8) is 0 Å². The van der Waals surface area contributed by atoms with E-state index < -0.39 is 0 Å². The summed E-state index contributed by atoms with van der Waals surface area (Å²) in [4.78, 5) is 25.2. The van der Waals surface area contributed by atoms with E-state index in [9.17, 15) is 9.59 Å². The van der Waals surface area contributed by atoms with E-state index in [0.29, 0.717) is 23.6 Å². The number of nitrogens with one attached hydrogen (secondary N) is 1. The Labute approximate surface area is 119 Å². The van der Waals surface area contributed by atoms with E-state index in [-0.39, 0.29) is 17.9 Å². The van der Waals surface area contributed by atoms with Gasteiger partial charge in [0.2, 0.25) is 5.91 Å². The Balaban J connectivity index is 1.96. The van der Waals surface area contributed by atoms with Gasteiger partial charge in [-0.2, -0.15) is 0 Å². The summed E-state index contributed by atoms with van der Waals surface area (Å²) in [6.07, 6.45) is 2.58. The molecule has 0 aliphatic heterocycles. The minimum atomic E-state index is -0.0983. The van der Waals surface area contributed by atoms with Gasteiger partial charge < -0.3 is 16.0 Å². The highest BCUT2D eigenvalue weighted by Crippen LogP contribution is 2.32. The smallest absolute Gasteiger partial charge is 0.253 e. The second-order valence-electron chi connectivity index (χ2n) is 5.53. The molecule has 2 rings (SSSR count). The second kappa shape index (κ2) is 6.05. The van der Waals surface area contributed by atoms with Gasteiger partial charge >= 0.3 is 0 Å². The van der Waals surface area contributed by atoms with E-state index in [1.165, 1.54) is 4.90 Å². The summed E-state index contributed by atoms with van der Waals surface area (Å²) in [6, 6.07) is 6.89. The first-order valence-corrected chi connectivity index (χ1v) is 6.84. The van der Waals surface area contributed by atoms with Crippen molar-refractivity contribution < 1.29 is 9.59 Å². The molecule has 0 saturated heterocycles. The lowest BCUT2D eigenvalue weighted by atomic mass is 10.1. The summed E-state index contributed by atoms with van der Waals surface area (Å²) in [5, 5.41) is 2.80. The third kappa shape index (κ3) is 3.81. The van der Waals surface area contributed by atoms with Crippen LogP contribution in [0.4, 0.5) is 5.69 Å². The van der Waals surface area contributed by atoms with Gasteiger partial charge in [0.1, 0.15) is 0 Å². The molecule has 2 amide bonds. The molecule has 1 atom stereocenters. The lowest BCUT2D eigenvalue weighted by molar-refractivity contribution is -0.116. The molecule has 1 fully saturated rings. The molecule has 108 valence electrons. The number of nitrogens with two attached hydrogens (primary N) is 1. The summed E-state index contributed by atoms with van der Waals surface area (Å²) in [7, 11) is 3.39. The Kier molecular flexibility index (Phi) is 4.39. The summed E-state index contributed by atoms with van der Waals surface area (Å²) in [5.41, 5.74) is 7.11. The van der Waals surface area contributed by atoms with Crippen LogP contribution in [0.3, 0.4) is 0 Å². The molecule has 5 nitrogen and oxygen atoms in total. The van der Waals surface area contributed by atoms with Gasteiger partial charge in [-0.25, -0.2) is 0 Å². The van der Waals surface area contributed by atoms with Crippen LogP contribution in [-0.2, 0) is 4.79 Å². The van der Waals surface area contributed by atoms with Gasteiger partial charge in [-0.05, 0) is 37.0 Å². The minimum Gasteiger partial charge on any atom is -0.345 e. The summed E-state index contributed by atoms with van der Waals surface area (Å²) < 4.78 is 0. The molecule has 3 N–H and O–H groups in total. The quantitative estimate of drug-likeness (QED) is 0.854. The lowest BCUT2D eigenvalue weighted by Gasteiger charge is -2.13. The molecule has 20 heavy (non-hydrogen) atoms. The number of hydrogen-bond donors (Lipinski definition) is 2. The highest BCUT2D eigenvalue weighted by molar-refractivity contribution is 5.97. The van der Waals surface area contributed by atoms with Crippen LogP contribution in [0.25, 0.3) is 0 Å². The largest absolute Gasteiger partial charge is 0.345 e. The van der Waals surface area contributed by atoms with Gasteiger partial charge in [0.05, 0.1) is 0 Å². The van der Waals surface area contributed by atoms with Crippen molar-refractivity contribution in [2.45, 2.75) is 25.3 Å². The Morgan fingerprint density at radius 3 is 2.70 bits per heavy atom. The number of nitrogens with zero attached hydrogens (tertiary/aromatic N) is 1. The maximum Gasteiger partial charge on any atom is 0.253 e. The predicted octanol–water partition coefficient (Wildman–Crippen LogP) is 1.45. The number of anilines is 1. The molecule has 0 heterocycles. The van der Waals surface area contributed by atoms with E-state index >= 15 is 0 Å². The van der Waals surface area contributed by atoms with Crippen molar-refractivity contribution in [2.75, 3.05) is 19.4 Å². The Morgan fingerprint density at radius 2 is 2.10 bits per heavy atom. The average Bonchev–Trinajstić information content (AvgIpc) is 3.22. The van der Waals surface area contributed by atoms with Crippen molar-refractivity contribution in [2.24, 2.45) is 11.7 Å². The van der Waals surface area contributed by atoms with E-state index in [1.807, 2.05) is 0 Å². The fraction of sp³-hybridized carbons (Fsp3) is 0.467. The van der Waals surface area contributed by atoms with Crippen molar-refractivity contribution in [1.29, 1.82) is 0 Å². The van der Waals surface area contributed by atoms with Crippen LogP contribution in [0.2, 0.25) is 0 Å². The first-order chi connectivity index (χ1) is 9.47. The normalized spacial score (nSPS) is 15.6. The van der Waals surface area contributed by atoms with Gasteiger partial charge in [0.15, 0.2) is 0 Å². The molecule has 1 aliphatic rings. The number of amides is 2. The van der Waals surface area contributed by atoms with Crippen molar-refractivity contribution >= 4 is 17.5 Å². The molecule has 0 radical (unpaired) electrons. The number of benzene rings is 1. The number of hydrogen-bond acceptors (Lipinski definition) is 3. The van der Waals surface area contributed by atoms with E-state index in [4.69, 9.17) is 5.73 Å². The van der Waals surface area contributed by atoms with E-state index in [0.717, 1.165) is 12.8 Å². The molecular formula is C15H21N3O2. The van der Waals surface area contributed by atoms with E-state index in [2.05, 4.69) is 5.32 Å². The van der Waals surface area contributed by atoms with Crippen molar-refractivity contribution in [3.8, 4) is 0 Å². The van der Waals surface area contributed by atoms with Crippen molar-refractivity contribution in [3.05, 3.63) is 29.8 Å². The molecule has 0 aromatic heterocycles. The Morgan fingerprint density at radius 1 is 1.40 bits per heavy atom. The zero-order valence-corrected chi connectivity index (χ0v) is 11.9. The topological polar surface area (TPSA) is 75.4 Å². The molecule has 1 aliphatic carbocycles. The Bertz CT molecular complexity index is 510. The summed E-state index contributed by atoms with van der Waals surface area (Å²) in [6.45, 7) is 0. The van der Waals surface area contributed by atoms with Crippen LogP contribution in [0.15, 0.2) is 24.3 Å². The third-order valence-electron chi connectivity index (χ3n) is 3.45. The van der Waals surface area contributed by atoms with E-state index in [1.54, 1.807) is 38.4 Å². The molecule has 0 spiro atoms. The zero-order chi connectivity index (χ0) is 14.7. The molecular weight excluding hydrogens is 254 g/mol. The summed E-state index contributed by atoms with van der Waals surface area (Å²) >= 11 is 0. The van der Waals surface area contributed by atoms with Gasteiger partial charge in [-0.1, -0.05) is 6.07 Å². The minimum absolute atomic E-state index is 0.0541. The Hall–Kier alpha value is -1.88. The van der Waals surface area contributed by atoms with Crippen LogP contribution >= 0.6 is 0 Å². The highest BCUT2D eigenvalue weighted by atomic mass is 16.2. The number of carbonyl (C=O) groups excluding carboxylic acids is 2. The highest BCUT2D eigenvalue weighted by Gasteiger charge is 2.29. The standard InChI is InChI=1S/C15H21N3O2/c1-18(2)15(20)11-4-3-5-12(8-11)17-14(19)9-13(16)10-6-7-10/h3-5,8,10,13H,6-7,9,16H2,1-2H3,(H,17,19). The first kappa shape index (κ1) is 14.5. The van der Waals surface area contributed by atoms with Crippen LogP contribution in [-0.4, -0.2) is 36.9 Å². The third-order valence-corrected chi connectivity index (χ3v) is 3.45. The van der Waals surface area contributed by atoms with Gasteiger partial charge in [-0.15, -0.1) is 0 Å². The van der Waals surface area contributed by atoms with Crippen LogP contribution in [0.1, 0.15) is 29.6 Å². The number of carbonyl (C=O) groups is 2. The fourth-order valence-corrected chi connectivity index (χ4v) is 2.11. The van der Waals surface area contributed by atoms with Crippen LogP contribution in [0.5, 0.6) is 0 Å². The first-order valence-electron chi connectivity index (χ1n) is 6.84.